The molecule has 0 bridgehead atoms. The summed E-state index contributed by atoms with van der Waals surface area (Å²) in [5.74, 6) is 0.127. The standard InChI is InChI=1S/C17H23NO2S/c1-4-11-18-16(12-21(3,19)20)17-13(2)9-10-14-7-5-6-8-15(14)17/h5-10,16,18H,4,11-12H2,1-3H3. The summed E-state index contributed by atoms with van der Waals surface area (Å²) in [4.78, 5) is 0. The second-order valence-electron chi connectivity index (χ2n) is 5.62. The highest BCUT2D eigenvalue weighted by molar-refractivity contribution is 7.90. The van der Waals surface area contributed by atoms with Crippen molar-refractivity contribution >= 4 is 20.6 Å². The quantitative estimate of drug-likeness (QED) is 0.891. The summed E-state index contributed by atoms with van der Waals surface area (Å²) >= 11 is 0. The fraction of sp³-hybridized carbons (Fsp3) is 0.412. The zero-order valence-electron chi connectivity index (χ0n) is 12.9. The Labute approximate surface area is 127 Å². The van der Waals surface area contributed by atoms with Gasteiger partial charge in [0.15, 0.2) is 0 Å². The summed E-state index contributed by atoms with van der Waals surface area (Å²) in [7, 11) is -3.05. The minimum absolute atomic E-state index is 0.127. The average Bonchev–Trinajstić information content (AvgIpc) is 2.42. The van der Waals surface area contributed by atoms with Crippen molar-refractivity contribution in [1.29, 1.82) is 0 Å². The van der Waals surface area contributed by atoms with Crippen molar-refractivity contribution in [2.24, 2.45) is 0 Å². The number of aryl methyl sites for hydroxylation is 1. The van der Waals surface area contributed by atoms with Gasteiger partial charge in [-0.3, -0.25) is 0 Å². The molecular weight excluding hydrogens is 282 g/mol. The van der Waals surface area contributed by atoms with E-state index >= 15 is 0 Å². The molecule has 0 heterocycles. The lowest BCUT2D eigenvalue weighted by Gasteiger charge is -2.22. The van der Waals surface area contributed by atoms with E-state index in [4.69, 9.17) is 0 Å². The molecule has 0 fully saturated rings. The van der Waals surface area contributed by atoms with Crippen LogP contribution in [0, 0.1) is 6.92 Å². The molecule has 0 saturated carbocycles. The third-order valence-electron chi connectivity index (χ3n) is 3.65. The van der Waals surface area contributed by atoms with E-state index in [1.165, 1.54) is 6.26 Å². The predicted molar refractivity (Wildman–Crippen MR) is 89.4 cm³/mol. The molecule has 0 aliphatic rings. The molecule has 0 radical (unpaired) electrons. The van der Waals surface area contributed by atoms with E-state index < -0.39 is 9.84 Å². The number of sulfone groups is 1. The highest BCUT2D eigenvalue weighted by Crippen LogP contribution is 2.28. The van der Waals surface area contributed by atoms with Gasteiger partial charge in [0.05, 0.1) is 5.75 Å². The van der Waals surface area contributed by atoms with Crippen LogP contribution in [0.3, 0.4) is 0 Å². The van der Waals surface area contributed by atoms with Gasteiger partial charge < -0.3 is 5.32 Å². The number of rotatable bonds is 6. The molecule has 1 unspecified atom stereocenters. The number of benzene rings is 2. The third kappa shape index (κ3) is 4.05. The van der Waals surface area contributed by atoms with E-state index in [-0.39, 0.29) is 11.8 Å². The fourth-order valence-electron chi connectivity index (χ4n) is 2.73. The monoisotopic (exact) mass is 305 g/mol. The number of nitrogens with one attached hydrogen (secondary N) is 1. The molecule has 21 heavy (non-hydrogen) atoms. The van der Waals surface area contributed by atoms with E-state index in [1.807, 2.05) is 19.1 Å². The Morgan fingerprint density at radius 1 is 1.14 bits per heavy atom. The first kappa shape index (κ1) is 16.0. The van der Waals surface area contributed by atoms with Gasteiger partial charge in [-0.1, -0.05) is 43.3 Å². The van der Waals surface area contributed by atoms with Crippen LogP contribution in [0.5, 0.6) is 0 Å². The zero-order chi connectivity index (χ0) is 15.5. The molecule has 1 atom stereocenters. The molecule has 1 N–H and O–H groups in total. The topological polar surface area (TPSA) is 46.2 Å². The summed E-state index contributed by atoms with van der Waals surface area (Å²) in [6.45, 7) is 4.94. The zero-order valence-corrected chi connectivity index (χ0v) is 13.7. The van der Waals surface area contributed by atoms with Crippen molar-refractivity contribution in [2.75, 3.05) is 18.6 Å². The van der Waals surface area contributed by atoms with Gasteiger partial charge in [-0.05, 0) is 41.8 Å². The van der Waals surface area contributed by atoms with Crippen molar-refractivity contribution in [1.82, 2.24) is 5.32 Å². The molecular formula is C17H23NO2S. The summed E-state index contributed by atoms with van der Waals surface area (Å²) in [5, 5.41) is 5.68. The SMILES string of the molecule is CCCNC(CS(C)(=O)=O)c1c(C)ccc2ccccc12. The van der Waals surface area contributed by atoms with Crippen LogP contribution in [0.4, 0.5) is 0 Å². The van der Waals surface area contributed by atoms with Crippen LogP contribution < -0.4 is 5.32 Å². The summed E-state index contributed by atoms with van der Waals surface area (Å²) < 4.78 is 23.6. The second-order valence-corrected chi connectivity index (χ2v) is 7.80. The molecule has 0 saturated heterocycles. The smallest absolute Gasteiger partial charge is 0.149 e. The number of hydrogen-bond acceptors (Lipinski definition) is 3. The van der Waals surface area contributed by atoms with E-state index in [9.17, 15) is 8.42 Å². The van der Waals surface area contributed by atoms with E-state index in [2.05, 4.69) is 36.5 Å². The molecule has 0 aliphatic carbocycles. The maximum Gasteiger partial charge on any atom is 0.149 e. The average molecular weight is 305 g/mol. The molecule has 2 rings (SSSR count). The first-order valence-electron chi connectivity index (χ1n) is 7.31. The van der Waals surface area contributed by atoms with Gasteiger partial charge in [0.1, 0.15) is 9.84 Å². The molecule has 0 amide bonds. The Hall–Kier alpha value is -1.39. The van der Waals surface area contributed by atoms with E-state index in [1.54, 1.807) is 0 Å². The van der Waals surface area contributed by atoms with Crippen molar-refractivity contribution in [3.8, 4) is 0 Å². The predicted octanol–water partition coefficient (Wildman–Crippen LogP) is 3.23. The Balaban J connectivity index is 2.55. The maximum absolute atomic E-state index is 11.8. The van der Waals surface area contributed by atoms with Gasteiger partial charge in [-0.25, -0.2) is 8.42 Å². The van der Waals surface area contributed by atoms with Crippen molar-refractivity contribution < 1.29 is 8.42 Å². The van der Waals surface area contributed by atoms with Crippen LogP contribution in [-0.4, -0.2) is 27.0 Å². The van der Waals surface area contributed by atoms with Crippen molar-refractivity contribution in [3.63, 3.8) is 0 Å². The third-order valence-corrected chi connectivity index (χ3v) is 4.59. The van der Waals surface area contributed by atoms with E-state index in [0.717, 1.165) is 34.9 Å². The highest BCUT2D eigenvalue weighted by atomic mass is 32.2. The minimum atomic E-state index is -3.05. The van der Waals surface area contributed by atoms with Crippen molar-refractivity contribution in [3.05, 3.63) is 47.5 Å². The molecule has 2 aromatic rings. The Kier molecular flexibility index (Phi) is 5.01. The lowest BCUT2D eigenvalue weighted by Crippen LogP contribution is -2.29. The molecule has 0 aliphatic heterocycles. The first-order chi connectivity index (χ1) is 9.92. The van der Waals surface area contributed by atoms with Crippen LogP contribution in [0.2, 0.25) is 0 Å². The molecule has 4 heteroatoms. The number of fused-ring (bicyclic) bond motifs is 1. The summed E-state index contributed by atoms with van der Waals surface area (Å²) in [6.07, 6.45) is 2.28. The van der Waals surface area contributed by atoms with Gasteiger partial charge in [-0.2, -0.15) is 0 Å². The van der Waals surface area contributed by atoms with Crippen LogP contribution >= 0.6 is 0 Å². The highest BCUT2D eigenvalue weighted by Gasteiger charge is 2.20. The van der Waals surface area contributed by atoms with Crippen LogP contribution in [-0.2, 0) is 9.84 Å². The van der Waals surface area contributed by atoms with Gasteiger partial charge in [0.25, 0.3) is 0 Å². The summed E-state index contributed by atoms with van der Waals surface area (Å²) in [5.41, 5.74) is 2.23. The first-order valence-corrected chi connectivity index (χ1v) is 9.38. The van der Waals surface area contributed by atoms with Gasteiger partial charge in [-0.15, -0.1) is 0 Å². The molecule has 3 nitrogen and oxygen atoms in total. The van der Waals surface area contributed by atoms with Gasteiger partial charge >= 0.3 is 0 Å². The Morgan fingerprint density at radius 2 is 1.86 bits per heavy atom. The Bertz CT molecular complexity index is 723. The lowest BCUT2D eigenvalue weighted by atomic mass is 9.95. The fourth-order valence-corrected chi connectivity index (χ4v) is 3.62. The maximum atomic E-state index is 11.8. The van der Waals surface area contributed by atoms with Crippen LogP contribution in [0.25, 0.3) is 10.8 Å². The molecule has 0 aromatic heterocycles. The van der Waals surface area contributed by atoms with E-state index in [0.29, 0.717) is 0 Å². The summed E-state index contributed by atoms with van der Waals surface area (Å²) in [6, 6.07) is 12.1. The van der Waals surface area contributed by atoms with Gasteiger partial charge in [0.2, 0.25) is 0 Å². The minimum Gasteiger partial charge on any atom is -0.309 e. The van der Waals surface area contributed by atoms with Crippen LogP contribution in [0.1, 0.15) is 30.5 Å². The normalized spacial score (nSPS) is 13.5. The number of hydrogen-bond donors (Lipinski definition) is 1. The Morgan fingerprint density at radius 3 is 2.52 bits per heavy atom. The van der Waals surface area contributed by atoms with Crippen molar-refractivity contribution in [2.45, 2.75) is 26.3 Å². The lowest BCUT2D eigenvalue weighted by molar-refractivity contribution is 0.550. The van der Waals surface area contributed by atoms with Crippen LogP contribution in [0.15, 0.2) is 36.4 Å². The van der Waals surface area contributed by atoms with Gasteiger partial charge in [0, 0.05) is 12.3 Å². The molecule has 2 aromatic carbocycles. The molecule has 114 valence electrons. The second kappa shape index (κ2) is 6.58. The molecule has 0 spiro atoms. The largest absolute Gasteiger partial charge is 0.309 e.